The van der Waals surface area contributed by atoms with Crippen LogP contribution in [0.15, 0.2) is 51.8 Å². The highest BCUT2D eigenvalue weighted by Crippen LogP contribution is 2.23. The number of aromatic nitrogens is 2. The average molecular weight is 309 g/mol. The molecule has 6 nitrogen and oxygen atoms in total. The molecule has 0 spiro atoms. The maximum atomic E-state index is 12.5. The van der Waals surface area contributed by atoms with Crippen LogP contribution >= 0.6 is 0 Å². The molecule has 0 radical (unpaired) electrons. The van der Waals surface area contributed by atoms with Crippen molar-refractivity contribution in [2.75, 3.05) is 5.32 Å². The zero-order chi connectivity index (χ0) is 16.4. The molecule has 0 bridgehead atoms. The van der Waals surface area contributed by atoms with Gasteiger partial charge in [-0.25, -0.2) is 4.79 Å². The summed E-state index contributed by atoms with van der Waals surface area (Å²) in [5.41, 5.74) is 3.71. The minimum absolute atomic E-state index is 0.223. The molecule has 0 aliphatic heterocycles. The van der Waals surface area contributed by atoms with Crippen LogP contribution in [0.5, 0.6) is 0 Å². The van der Waals surface area contributed by atoms with Gasteiger partial charge in [0.15, 0.2) is 5.82 Å². The first-order valence-corrected chi connectivity index (χ1v) is 7.08. The second kappa shape index (κ2) is 5.92. The minimum atomic E-state index is -0.631. The summed E-state index contributed by atoms with van der Waals surface area (Å²) < 4.78 is 4.52. The lowest BCUT2D eigenvalue weighted by Crippen LogP contribution is -2.13. The molecule has 1 aromatic heterocycles. The van der Waals surface area contributed by atoms with Gasteiger partial charge in [-0.15, -0.1) is 0 Å². The molecule has 2 aromatic carbocycles. The number of hydrogen-bond donors (Lipinski definition) is 2. The molecule has 0 aliphatic rings. The summed E-state index contributed by atoms with van der Waals surface area (Å²) in [5.74, 6) is -0.551. The number of amides is 1. The van der Waals surface area contributed by atoms with Gasteiger partial charge in [0.25, 0.3) is 5.91 Å². The fourth-order valence-electron chi connectivity index (χ4n) is 2.32. The van der Waals surface area contributed by atoms with E-state index in [4.69, 9.17) is 0 Å². The Morgan fingerprint density at radius 2 is 1.87 bits per heavy atom. The Balaban J connectivity index is 1.92. The quantitative estimate of drug-likeness (QED) is 0.778. The van der Waals surface area contributed by atoms with Gasteiger partial charge in [-0.05, 0) is 37.6 Å². The van der Waals surface area contributed by atoms with E-state index < -0.39 is 5.76 Å². The Morgan fingerprint density at radius 1 is 1.13 bits per heavy atom. The Labute approximate surface area is 132 Å². The maximum Gasteiger partial charge on any atom is 0.439 e. The van der Waals surface area contributed by atoms with Crippen molar-refractivity contribution in [2.24, 2.45) is 0 Å². The van der Waals surface area contributed by atoms with Gasteiger partial charge in [-0.2, -0.15) is 0 Å². The first-order valence-electron chi connectivity index (χ1n) is 7.08. The third-order valence-electron chi connectivity index (χ3n) is 3.58. The summed E-state index contributed by atoms with van der Waals surface area (Å²) in [6.07, 6.45) is 0. The standard InChI is InChI=1S/C17H15N3O3/c1-10-6-8-12(9-7-10)18-16(21)14-5-3-4-13(11(14)2)15-19-17(22)23-20-15/h3-9H,1-2H3,(H,18,21)(H,19,20,22). The fourth-order valence-corrected chi connectivity index (χ4v) is 2.32. The van der Waals surface area contributed by atoms with E-state index in [0.717, 1.165) is 11.3 Å². The van der Waals surface area contributed by atoms with Crippen LogP contribution in [-0.2, 0) is 0 Å². The van der Waals surface area contributed by atoms with Crippen LogP contribution in [0.2, 0.25) is 0 Å². The zero-order valence-electron chi connectivity index (χ0n) is 12.7. The topological polar surface area (TPSA) is 88.0 Å². The number of aryl methyl sites for hydroxylation is 1. The first-order chi connectivity index (χ1) is 11.0. The number of anilines is 1. The van der Waals surface area contributed by atoms with Gasteiger partial charge in [0.05, 0.1) is 0 Å². The van der Waals surface area contributed by atoms with Gasteiger partial charge in [-0.3, -0.25) is 14.3 Å². The highest BCUT2D eigenvalue weighted by molar-refractivity contribution is 6.06. The van der Waals surface area contributed by atoms with Crippen LogP contribution in [0.3, 0.4) is 0 Å². The largest absolute Gasteiger partial charge is 0.439 e. The third-order valence-corrected chi connectivity index (χ3v) is 3.58. The Bertz CT molecular complexity index is 907. The molecule has 23 heavy (non-hydrogen) atoms. The van der Waals surface area contributed by atoms with E-state index >= 15 is 0 Å². The Hall–Kier alpha value is -3.15. The predicted molar refractivity (Wildman–Crippen MR) is 86.4 cm³/mol. The second-order valence-electron chi connectivity index (χ2n) is 5.24. The molecule has 6 heteroatoms. The van der Waals surface area contributed by atoms with Crippen LogP contribution in [0.1, 0.15) is 21.5 Å². The number of carbonyl (C=O) groups excluding carboxylic acids is 1. The molecule has 0 aliphatic carbocycles. The third kappa shape index (κ3) is 3.06. The maximum absolute atomic E-state index is 12.5. The average Bonchev–Trinajstić information content (AvgIpc) is 2.96. The molecular weight excluding hydrogens is 294 g/mol. The van der Waals surface area contributed by atoms with Crippen LogP contribution in [0.25, 0.3) is 11.4 Å². The summed E-state index contributed by atoms with van der Waals surface area (Å²) in [4.78, 5) is 26.1. The molecule has 116 valence electrons. The van der Waals surface area contributed by atoms with Crippen molar-refractivity contribution in [3.05, 3.63) is 69.7 Å². The summed E-state index contributed by atoms with van der Waals surface area (Å²) in [6.45, 7) is 3.78. The van der Waals surface area contributed by atoms with E-state index in [-0.39, 0.29) is 5.91 Å². The number of rotatable bonds is 3. The smallest absolute Gasteiger partial charge is 0.322 e. The Morgan fingerprint density at radius 3 is 2.52 bits per heavy atom. The molecule has 3 rings (SSSR count). The van der Waals surface area contributed by atoms with E-state index in [9.17, 15) is 9.59 Å². The molecule has 0 atom stereocenters. The fraction of sp³-hybridized carbons (Fsp3) is 0.118. The molecule has 0 fully saturated rings. The van der Waals surface area contributed by atoms with E-state index in [1.165, 1.54) is 0 Å². The van der Waals surface area contributed by atoms with Gasteiger partial charge < -0.3 is 5.32 Å². The van der Waals surface area contributed by atoms with Crippen molar-refractivity contribution in [2.45, 2.75) is 13.8 Å². The molecule has 1 heterocycles. The van der Waals surface area contributed by atoms with E-state index in [1.807, 2.05) is 31.2 Å². The van der Waals surface area contributed by atoms with E-state index in [0.29, 0.717) is 22.5 Å². The van der Waals surface area contributed by atoms with Crippen molar-refractivity contribution < 1.29 is 9.32 Å². The summed E-state index contributed by atoms with van der Waals surface area (Å²) in [7, 11) is 0. The van der Waals surface area contributed by atoms with Crippen LogP contribution in [0, 0.1) is 13.8 Å². The molecule has 2 N–H and O–H groups in total. The minimum Gasteiger partial charge on any atom is -0.322 e. The summed E-state index contributed by atoms with van der Waals surface area (Å²) >= 11 is 0. The van der Waals surface area contributed by atoms with Crippen molar-refractivity contribution in [3.63, 3.8) is 0 Å². The summed E-state index contributed by atoms with van der Waals surface area (Å²) in [6, 6.07) is 12.8. The highest BCUT2D eigenvalue weighted by atomic mass is 16.5. The van der Waals surface area contributed by atoms with Gasteiger partial charge in [0, 0.05) is 16.8 Å². The number of carbonyl (C=O) groups is 1. The van der Waals surface area contributed by atoms with Crippen LogP contribution in [0.4, 0.5) is 5.69 Å². The van der Waals surface area contributed by atoms with Crippen LogP contribution in [-0.4, -0.2) is 16.0 Å². The molecule has 1 amide bonds. The number of H-pyrrole nitrogens is 1. The van der Waals surface area contributed by atoms with Gasteiger partial charge in [0.1, 0.15) is 0 Å². The lowest BCUT2D eigenvalue weighted by atomic mass is 10.0. The van der Waals surface area contributed by atoms with Crippen molar-refractivity contribution >= 4 is 11.6 Å². The monoisotopic (exact) mass is 309 g/mol. The molecular formula is C17H15N3O3. The number of benzene rings is 2. The van der Waals surface area contributed by atoms with E-state index in [1.54, 1.807) is 25.1 Å². The predicted octanol–water partition coefficient (Wildman–Crippen LogP) is 2.90. The SMILES string of the molecule is Cc1ccc(NC(=O)c2cccc(-c3noc(=O)[nH]3)c2C)cc1. The van der Waals surface area contributed by atoms with Gasteiger partial charge in [-0.1, -0.05) is 35.0 Å². The highest BCUT2D eigenvalue weighted by Gasteiger charge is 2.15. The lowest BCUT2D eigenvalue weighted by molar-refractivity contribution is 0.102. The van der Waals surface area contributed by atoms with Crippen molar-refractivity contribution in [1.29, 1.82) is 0 Å². The van der Waals surface area contributed by atoms with E-state index in [2.05, 4.69) is 20.0 Å². The number of aromatic amines is 1. The summed E-state index contributed by atoms with van der Waals surface area (Å²) in [5, 5.41) is 6.52. The van der Waals surface area contributed by atoms with Gasteiger partial charge in [0.2, 0.25) is 0 Å². The molecule has 0 saturated heterocycles. The number of hydrogen-bond acceptors (Lipinski definition) is 4. The second-order valence-corrected chi connectivity index (χ2v) is 5.24. The number of nitrogens with zero attached hydrogens (tertiary/aromatic N) is 1. The van der Waals surface area contributed by atoms with Crippen LogP contribution < -0.4 is 11.1 Å². The van der Waals surface area contributed by atoms with Crippen molar-refractivity contribution in [1.82, 2.24) is 10.1 Å². The molecule has 0 saturated carbocycles. The Kier molecular flexibility index (Phi) is 3.80. The molecule has 3 aromatic rings. The van der Waals surface area contributed by atoms with Gasteiger partial charge >= 0.3 is 5.76 Å². The first kappa shape index (κ1) is 14.8. The molecule has 0 unspecified atom stereocenters. The normalized spacial score (nSPS) is 10.5. The lowest BCUT2D eigenvalue weighted by Gasteiger charge is -2.10. The number of nitrogens with one attached hydrogen (secondary N) is 2. The van der Waals surface area contributed by atoms with Crippen molar-refractivity contribution in [3.8, 4) is 11.4 Å². The zero-order valence-corrected chi connectivity index (χ0v) is 12.7.